The van der Waals surface area contributed by atoms with E-state index in [4.69, 9.17) is 33.0 Å². The second kappa shape index (κ2) is 6.10. The second-order valence-corrected chi connectivity index (χ2v) is 5.63. The van der Waals surface area contributed by atoms with Crippen LogP contribution in [0, 0.1) is 0 Å². The number of carboxylic acids is 1. The maximum Gasteiger partial charge on any atom is 0.335 e. The van der Waals surface area contributed by atoms with Crippen molar-refractivity contribution in [2.75, 3.05) is 6.61 Å². The highest BCUT2D eigenvalue weighted by molar-refractivity contribution is 6.42. The first kappa shape index (κ1) is 15.6. The molecule has 0 atom stereocenters. The number of halogens is 2. The molecule has 0 aliphatic heterocycles. The Kier molecular flexibility index (Phi) is 4.15. The molecule has 0 aliphatic carbocycles. The molecule has 3 rings (SSSR count). The van der Waals surface area contributed by atoms with Gasteiger partial charge in [-0.25, -0.2) is 9.78 Å². The van der Waals surface area contributed by atoms with Crippen LogP contribution in [0.3, 0.4) is 0 Å². The topological polar surface area (TPSA) is 75.2 Å². The number of hydrogen-bond donors (Lipinski definition) is 2. The average Bonchev–Trinajstić information content (AvgIpc) is 2.90. The van der Waals surface area contributed by atoms with Gasteiger partial charge in [-0.1, -0.05) is 23.2 Å². The minimum absolute atomic E-state index is 0.152. The fourth-order valence-electron chi connectivity index (χ4n) is 2.26. The molecule has 0 saturated carbocycles. The summed E-state index contributed by atoms with van der Waals surface area (Å²) < 4.78 is 5.55. The molecule has 1 heterocycles. The molecule has 0 spiro atoms. The van der Waals surface area contributed by atoms with Gasteiger partial charge in [0.05, 0.1) is 38.8 Å². The number of carbonyl (C=O) groups is 1. The number of rotatable bonds is 4. The van der Waals surface area contributed by atoms with Crippen molar-refractivity contribution in [2.24, 2.45) is 0 Å². The molecular formula is C16H12Cl2N2O3. The predicted octanol–water partition coefficient (Wildman–Crippen LogP) is 4.63. The summed E-state index contributed by atoms with van der Waals surface area (Å²) in [5, 5.41) is 9.96. The van der Waals surface area contributed by atoms with Crippen LogP contribution >= 0.6 is 23.2 Å². The van der Waals surface area contributed by atoms with Crippen LogP contribution in [0.15, 0.2) is 30.3 Å². The van der Waals surface area contributed by atoms with Crippen LogP contribution in [-0.4, -0.2) is 27.7 Å². The molecule has 0 aliphatic rings. The van der Waals surface area contributed by atoms with Crippen molar-refractivity contribution in [1.29, 1.82) is 0 Å². The molecule has 7 heteroatoms. The van der Waals surface area contributed by atoms with Crippen LogP contribution in [0.4, 0.5) is 0 Å². The van der Waals surface area contributed by atoms with E-state index >= 15 is 0 Å². The third-order valence-corrected chi connectivity index (χ3v) is 4.03. The molecule has 1 aromatic heterocycles. The molecule has 0 bridgehead atoms. The molecule has 2 N–H and O–H groups in total. The summed E-state index contributed by atoms with van der Waals surface area (Å²) in [6.45, 7) is 2.24. The Morgan fingerprint density at radius 2 is 2.00 bits per heavy atom. The van der Waals surface area contributed by atoms with E-state index in [1.54, 1.807) is 18.2 Å². The van der Waals surface area contributed by atoms with Gasteiger partial charge in [-0.2, -0.15) is 0 Å². The predicted molar refractivity (Wildman–Crippen MR) is 89.7 cm³/mol. The van der Waals surface area contributed by atoms with E-state index < -0.39 is 5.97 Å². The quantitative estimate of drug-likeness (QED) is 0.718. The van der Waals surface area contributed by atoms with Crippen molar-refractivity contribution in [3.05, 3.63) is 45.9 Å². The van der Waals surface area contributed by atoms with Crippen molar-refractivity contribution in [3.63, 3.8) is 0 Å². The van der Waals surface area contributed by atoms with E-state index in [1.165, 1.54) is 12.1 Å². The largest absolute Gasteiger partial charge is 0.493 e. The number of aromatic carboxylic acids is 1. The maximum atomic E-state index is 11.1. The van der Waals surface area contributed by atoms with Crippen molar-refractivity contribution in [2.45, 2.75) is 6.92 Å². The van der Waals surface area contributed by atoms with E-state index in [0.717, 1.165) is 5.52 Å². The molecule has 5 nitrogen and oxygen atoms in total. The standard InChI is InChI=1S/C16H12Cl2N2O3/c1-2-23-14-5-8(16(21)22)3-4-9(14)15-19-12-6-10(17)11(18)7-13(12)20-15/h3-7H,2H2,1H3,(H,19,20)(H,21,22). The van der Waals surface area contributed by atoms with E-state index in [0.29, 0.717) is 39.3 Å². The fraction of sp³-hybridized carbons (Fsp3) is 0.125. The van der Waals surface area contributed by atoms with E-state index in [-0.39, 0.29) is 5.56 Å². The molecule has 0 amide bonds. The lowest BCUT2D eigenvalue weighted by Crippen LogP contribution is -2.00. The Morgan fingerprint density at radius 3 is 2.70 bits per heavy atom. The number of aromatic amines is 1. The molecule has 0 unspecified atom stereocenters. The van der Waals surface area contributed by atoms with Crippen LogP contribution in [-0.2, 0) is 0 Å². The molecule has 3 aromatic rings. The normalized spacial score (nSPS) is 10.9. The number of aromatic nitrogens is 2. The highest BCUT2D eigenvalue weighted by atomic mass is 35.5. The smallest absolute Gasteiger partial charge is 0.335 e. The second-order valence-electron chi connectivity index (χ2n) is 4.82. The van der Waals surface area contributed by atoms with Crippen LogP contribution in [0.5, 0.6) is 5.75 Å². The lowest BCUT2D eigenvalue weighted by molar-refractivity contribution is 0.0696. The highest BCUT2D eigenvalue weighted by Gasteiger charge is 2.15. The third kappa shape index (κ3) is 2.98. The Balaban J connectivity index is 2.15. The molecule has 23 heavy (non-hydrogen) atoms. The van der Waals surface area contributed by atoms with Gasteiger partial charge in [-0.15, -0.1) is 0 Å². The van der Waals surface area contributed by atoms with Crippen LogP contribution in [0.2, 0.25) is 10.0 Å². The monoisotopic (exact) mass is 350 g/mol. The van der Waals surface area contributed by atoms with Crippen molar-refractivity contribution in [3.8, 4) is 17.1 Å². The first-order valence-electron chi connectivity index (χ1n) is 6.85. The minimum atomic E-state index is -1.01. The SMILES string of the molecule is CCOc1cc(C(=O)O)ccc1-c1nc2cc(Cl)c(Cl)cc2[nH]1. The molecule has 118 valence electrons. The number of nitrogens with one attached hydrogen (secondary N) is 1. The summed E-state index contributed by atoms with van der Waals surface area (Å²) in [4.78, 5) is 18.7. The van der Waals surface area contributed by atoms with Crippen molar-refractivity contribution in [1.82, 2.24) is 9.97 Å². The molecule has 2 aromatic carbocycles. The number of fused-ring (bicyclic) bond motifs is 1. The zero-order valence-electron chi connectivity index (χ0n) is 12.1. The third-order valence-electron chi connectivity index (χ3n) is 3.31. The van der Waals surface area contributed by atoms with Crippen LogP contribution in [0.25, 0.3) is 22.4 Å². The number of imidazole rings is 1. The zero-order chi connectivity index (χ0) is 16.6. The van der Waals surface area contributed by atoms with Crippen molar-refractivity contribution >= 4 is 40.2 Å². The van der Waals surface area contributed by atoms with Gasteiger partial charge in [0.1, 0.15) is 11.6 Å². The summed E-state index contributed by atoms with van der Waals surface area (Å²) >= 11 is 12.0. The summed E-state index contributed by atoms with van der Waals surface area (Å²) in [5.41, 5.74) is 2.22. The van der Waals surface area contributed by atoms with Gasteiger partial charge >= 0.3 is 5.97 Å². The number of benzene rings is 2. The number of ether oxygens (including phenoxy) is 1. The van der Waals surface area contributed by atoms with Gasteiger partial charge < -0.3 is 14.8 Å². The first-order valence-corrected chi connectivity index (χ1v) is 7.60. The van der Waals surface area contributed by atoms with Crippen LogP contribution < -0.4 is 4.74 Å². The van der Waals surface area contributed by atoms with Gasteiger partial charge in [-0.05, 0) is 37.3 Å². The van der Waals surface area contributed by atoms with E-state index in [2.05, 4.69) is 9.97 Å². The van der Waals surface area contributed by atoms with Gasteiger partial charge in [0.2, 0.25) is 0 Å². The van der Waals surface area contributed by atoms with E-state index in [1.807, 2.05) is 6.92 Å². The number of nitrogens with zero attached hydrogens (tertiary/aromatic N) is 1. The van der Waals surface area contributed by atoms with Gasteiger partial charge in [0.25, 0.3) is 0 Å². The first-order chi connectivity index (χ1) is 11.0. The van der Waals surface area contributed by atoms with Crippen molar-refractivity contribution < 1.29 is 14.6 Å². The average molecular weight is 351 g/mol. The van der Waals surface area contributed by atoms with E-state index in [9.17, 15) is 4.79 Å². The minimum Gasteiger partial charge on any atom is -0.493 e. The Morgan fingerprint density at radius 1 is 1.26 bits per heavy atom. The summed E-state index contributed by atoms with van der Waals surface area (Å²) in [6, 6.07) is 8.02. The number of hydrogen-bond acceptors (Lipinski definition) is 3. The van der Waals surface area contributed by atoms with Gasteiger partial charge in [0.15, 0.2) is 0 Å². The molecule has 0 fully saturated rings. The summed E-state index contributed by atoms with van der Waals surface area (Å²) in [7, 11) is 0. The summed E-state index contributed by atoms with van der Waals surface area (Å²) in [6.07, 6.45) is 0. The molecule has 0 saturated heterocycles. The zero-order valence-corrected chi connectivity index (χ0v) is 13.6. The Bertz CT molecular complexity index is 867. The van der Waals surface area contributed by atoms with Crippen LogP contribution in [0.1, 0.15) is 17.3 Å². The number of carboxylic acid groups (broad SMARTS) is 1. The summed E-state index contributed by atoms with van der Waals surface area (Å²) in [5.74, 6) is -0.0111. The lowest BCUT2D eigenvalue weighted by atomic mass is 10.1. The fourth-order valence-corrected chi connectivity index (χ4v) is 2.58. The maximum absolute atomic E-state index is 11.1. The highest BCUT2D eigenvalue weighted by Crippen LogP contribution is 2.33. The number of H-pyrrole nitrogens is 1. The Labute approximate surface area is 141 Å². The lowest BCUT2D eigenvalue weighted by Gasteiger charge is -2.09. The molecule has 0 radical (unpaired) electrons. The molecular weight excluding hydrogens is 339 g/mol. The van der Waals surface area contributed by atoms with Gasteiger partial charge in [0, 0.05) is 0 Å². The Hall–Kier alpha value is -2.24. The van der Waals surface area contributed by atoms with Gasteiger partial charge in [-0.3, -0.25) is 0 Å².